The lowest BCUT2D eigenvalue weighted by molar-refractivity contribution is -0.270. The van der Waals surface area contributed by atoms with Crippen molar-refractivity contribution in [1.29, 1.82) is 0 Å². The molecular formula is C9H16F4N2O2. The van der Waals surface area contributed by atoms with E-state index < -0.39 is 24.5 Å². The first-order chi connectivity index (χ1) is 7.61. The zero-order valence-corrected chi connectivity index (χ0v) is 9.64. The lowest BCUT2D eigenvalue weighted by atomic mass is 10.2. The van der Waals surface area contributed by atoms with Crippen LogP contribution in [0.4, 0.5) is 17.6 Å². The largest absolute Gasteiger partial charge is 0.481 e. The second-order valence-electron chi connectivity index (χ2n) is 3.81. The standard InChI is InChI=1S/C9H16F4N2O2/c1-15(2)9(12,13)8(10,11)6-14-5-3-4-7(16)17/h14H,3-6H2,1-2H3,(H,16,17). The molecule has 102 valence electrons. The third kappa shape index (κ3) is 4.86. The molecule has 0 aromatic heterocycles. The van der Waals surface area contributed by atoms with Crippen molar-refractivity contribution in [2.45, 2.75) is 24.8 Å². The van der Waals surface area contributed by atoms with Crippen molar-refractivity contribution in [2.24, 2.45) is 0 Å². The maximum atomic E-state index is 13.1. The Kier molecular flexibility index (Phi) is 5.83. The fourth-order valence-corrected chi connectivity index (χ4v) is 1.04. The van der Waals surface area contributed by atoms with Crippen molar-refractivity contribution in [3.63, 3.8) is 0 Å². The molecule has 2 N–H and O–H groups in total. The number of carboxylic acids is 1. The molecule has 0 amide bonds. The van der Waals surface area contributed by atoms with E-state index in [1.165, 1.54) is 0 Å². The van der Waals surface area contributed by atoms with Crippen LogP contribution in [0.5, 0.6) is 0 Å². The quantitative estimate of drug-likeness (QED) is 0.391. The Morgan fingerprint density at radius 1 is 1.29 bits per heavy atom. The third-order valence-electron chi connectivity index (χ3n) is 2.09. The Balaban J connectivity index is 4.06. The van der Waals surface area contributed by atoms with Gasteiger partial charge < -0.3 is 10.4 Å². The van der Waals surface area contributed by atoms with E-state index in [9.17, 15) is 22.4 Å². The lowest BCUT2D eigenvalue weighted by Gasteiger charge is -2.31. The average molecular weight is 260 g/mol. The fraction of sp³-hybridized carbons (Fsp3) is 0.889. The Labute approximate surface area is 96.6 Å². The highest BCUT2D eigenvalue weighted by atomic mass is 19.3. The maximum absolute atomic E-state index is 13.1. The summed E-state index contributed by atoms with van der Waals surface area (Å²) in [4.78, 5) is 10.3. The van der Waals surface area contributed by atoms with Crippen LogP contribution >= 0.6 is 0 Å². The minimum absolute atomic E-state index is 0.0502. The zero-order valence-electron chi connectivity index (χ0n) is 9.64. The molecule has 0 unspecified atom stereocenters. The highest BCUT2D eigenvalue weighted by Crippen LogP contribution is 2.34. The SMILES string of the molecule is CN(C)C(F)(F)C(F)(F)CNCCCC(=O)O. The smallest absolute Gasteiger partial charge is 0.368 e. The van der Waals surface area contributed by atoms with Crippen LogP contribution in [0.3, 0.4) is 0 Å². The molecule has 4 nitrogen and oxygen atoms in total. The summed E-state index contributed by atoms with van der Waals surface area (Å²) in [5.74, 6) is -5.27. The van der Waals surface area contributed by atoms with Gasteiger partial charge in [0, 0.05) is 6.42 Å². The third-order valence-corrected chi connectivity index (χ3v) is 2.09. The van der Waals surface area contributed by atoms with Crippen molar-refractivity contribution in [2.75, 3.05) is 27.2 Å². The zero-order chi connectivity index (χ0) is 13.7. The molecule has 8 heteroatoms. The van der Waals surface area contributed by atoms with E-state index >= 15 is 0 Å². The van der Waals surface area contributed by atoms with E-state index in [4.69, 9.17) is 5.11 Å². The number of carbonyl (C=O) groups is 1. The van der Waals surface area contributed by atoms with Gasteiger partial charge >= 0.3 is 17.9 Å². The molecule has 17 heavy (non-hydrogen) atoms. The van der Waals surface area contributed by atoms with Gasteiger partial charge in [-0.25, -0.2) is 4.90 Å². The molecular weight excluding hydrogens is 244 g/mol. The van der Waals surface area contributed by atoms with E-state index in [0.717, 1.165) is 14.1 Å². The van der Waals surface area contributed by atoms with Crippen LogP contribution in [0.1, 0.15) is 12.8 Å². The molecule has 0 aliphatic rings. The monoisotopic (exact) mass is 260 g/mol. The number of carboxylic acid groups (broad SMARTS) is 1. The van der Waals surface area contributed by atoms with E-state index in [1.807, 2.05) is 0 Å². The molecule has 0 spiro atoms. The first-order valence-corrected chi connectivity index (χ1v) is 4.97. The predicted octanol–water partition coefficient (Wildman–Crippen LogP) is 1.23. The summed E-state index contributed by atoms with van der Waals surface area (Å²) in [6, 6.07) is -4.24. The minimum Gasteiger partial charge on any atom is -0.481 e. The van der Waals surface area contributed by atoms with Gasteiger partial charge in [-0.1, -0.05) is 0 Å². The second-order valence-corrected chi connectivity index (χ2v) is 3.81. The molecule has 0 aliphatic carbocycles. The van der Waals surface area contributed by atoms with Gasteiger partial charge in [0.25, 0.3) is 0 Å². The summed E-state index contributed by atoms with van der Waals surface area (Å²) in [5.41, 5.74) is 0. The number of aliphatic carboxylic acids is 1. The number of hydrogen-bond acceptors (Lipinski definition) is 3. The van der Waals surface area contributed by atoms with Gasteiger partial charge in [-0.3, -0.25) is 4.79 Å². The lowest BCUT2D eigenvalue weighted by Crippen LogP contribution is -2.55. The van der Waals surface area contributed by atoms with Crippen LogP contribution in [0.2, 0.25) is 0 Å². The van der Waals surface area contributed by atoms with Crippen molar-refractivity contribution >= 4 is 5.97 Å². The normalized spacial score (nSPS) is 13.1. The number of nitrogens with one attached hydrogen (secondary N) is 1. The Morgan fingerprint density at radius 3 is 2.24 bits per heavy atom. The van der Waals surface area contributed by atoms with E-state index in [2.05, 4.69) is 5.32 Å². The molecule has 0 saturated heterocycles. The summed E-state index contributed by atoms with van der Waals surface area (Å²) in [6.07, 6.45) is -0.0818. The Hall–Kier alpha value is -0.890. The topological polar surface area (TPSA) is 52.6 Å². The molecule has 0 aliphatic heterocycles. The van der Waals surface area contributed by atoms with Crippen LogP contribution in [-0.4, -0.2) is 55.1 Å². The number of nitrogens with zero attached hydrogens (tertiary/aromatic N) is 1. The van der Waals surface area contributed by atoms with Gasteiger partial charge in [-0.15, -0.1) is 0 Å². The fourth-order valence-electron chi connectivity index (χ4n) is 1.04. The summed E-state index contributed by atoms with van der Waals surface area (Å²) in [7, 11) is 1.72. The van der Waals surface area contributed by atoms with Gasteiger partial charge in [-0.2, -0.15) is 17.6 Å². The van der Waals surface area contributed by atoms with Crippen LogP contribution in [0.25, 0.3) is 0 Å². The van der Waals surface area contributed by atoms with Crippen LogP contribution in [0, 0.1) is 0 Å². The number of rotatable bonds is 8. The summed E-state index contributed by atoms with van der Waals surface area (Å²) >= 11 is 0. The minimum atomic E-state index is -4.24. The van der Waals surface area contributed by atoms with Gasteiger partial charge in [0.2, 0.25) is 0 Å². The van der Waals surface area contributed by atoms with E-state index in [1.54, 1.807) is 0 Å². The van der Waals surface area contributed by atoms with Crippen molar-refractivity contribution in [1.82, 2.24) is 10.2 Å². The number of halogens is 4. The van der Waals surface area contributed by atoms with Gasteiger partial charge in [0.05, 0.1) is 6.54 Å². The summed E-state index contributed by atoms with van der Waals surface area (Å²) < 4.78 is 52.1. The average Bonchev–Trinajstić information content (AvgIpc) is 2.15. The van der Waals surface area contributed by atoms with Gasteiger partial charge in [-0.05, 0) is 27.1 Å². The van der Waals surface area contributed by atoms with Crippen LogP contribution in [-0.2, 0) is 4.79 Å². The van der Waals surface area contributed by atoms with Crippen molar-refractivity contribution < 1.29 is 27.5 Å². The van der Waals surface area contributed by atoms with Gasteiger partial charge in [0.1, 0.15) is 0 Å². The number of hydrogen-bond donors (Lipinski definition) is 2. The molecule has 0 radical (unpaired) electrons. The maximum Gasteiger partial charge on any atom is 0.368 e. The highest BCUT2D eigenvalue weighted by Gasteiger charge is 2.57. The second kappa shape index (κ2) is 6.15. The molecule has 0 aromatic rings. The molecule has 0 rings (SSSR count). The van der Waals surface area contributed by atoms with Crippen molar-refractivity contribution in [3.8, 4) is 0 Å². The van der Waals surface area contributed by atoms with E-state index in [-0.39, 0.29) is 24.3 Å². The highest BCUT2D eigenvalue weighted by molar-refractivity contribution is 5.66. The molecule has 0 bridgehead atoms. The first-order valence-electron chi connectivity index (χ1n) is 4.97. The summed E-state index contributed by atoms with van der Waals surface area (Å²) in [6.45, 7) is -1.25. The van der Waals surface area contributed by atoms with Crippen molar-refractivity contribution in [3.05, 3.63) is 0 Å². The van der Waals surface area contributed by atoms with E-state index in [0.29, 0.717) is 0 Å². The predicted molar refractivity (Wildman–Crippen MR) is 53.3 cm³/mol. The number of alkyl halides is 4. The van der Waals surface area contributed by atoms with Gasteiger partial charge in [0.15, 0.2) is 0 Å². The first kappa shape index (κ1) is 16.1. The summed E-state index contributed by atoms with van der Waals surface area (Å²) in [5, 5.41) is 10.4. The molecule has 0 saturated carbocycles. The molecule has 0 heterocycles. The van der Waals surface area contributed by atoms with Crippen LogP contribution < -0.4 is 5.32 Å². The van der Waals surface area contributed by atoms with Crippen LogP contribution in [0.15, 0.2) is 0 Å². The Morgan fingerprint density at radius 2 is 1.82 bits per heavy atom. The molecule has 0 atom stereocenters. The molecule has 0 aromatic carbocycles. The Bertz CT molecular complexity index is 259. The molecule has 0 fully saturated rings.